The number of likely N-dealkylation sites (N-methyl/N-ethyl adjacent to an activating group) is 1. The topological polar surface area (TPSA) is 68.8 Å². The number of nitrogens with one attached hydrogen (secondary N) is 2. The van der Waals surface area contributed by atoms with Crippen molar-refractivity contribution < 1.29 is 19.0 Å². The van der Waals surface area contributed by atoms with Crippen LogP contribution in [0.15, 0.2) is 0 Å². The van der Waals surface area contributed by atoms with Gasteiger partial charge < -0.3 is 24.8 Å². The molecule has 0 radical (unpaired) electrons. The summed E-state index contributed by atoms with van der Waals surface area (Å²) in [6.07, 6.45) is 6.37. The van der Waals surface area contributed by atoms with Crippen molar-refractivity contribution in [3.63, 3.8) is 0 Å². The number of ether oxygens (including phenoxy) is 3. The molecule has 1 amide bonds. The maximum atomic E-state index is 11.8. The highest BCUT2D eigenvalue weighted by atomic mass is 16.5. The minimum atomic E-state index is -0.0292. The van der Waals surface area contributed by atoms with Gasteiger partial charge in [0, 0.05) is 12.6 Å². The molecule has 6 nitrogen and oxygen atoms in total. The minimum absolute atomic E-state index is 0.0292. The fourth-order valence-corrected chi connectivity index (χ4v) is 2.83. The summed E-state index contributed by atoms with van der Waals surface area (Å²) in [5.41, 5.74) is 0. The van der Waals surface area contributed by atoms with E-state index in [9.17, 15) is 4.79 Å². The molecular weight excluding hydrogens is 296 g/mol. The second-order valence-corrected chi connectivity index (χ2v) is 6.14. The molecule has 6 heteroatoms. The molecule has 0 spiro atoms. The van der Waals surface area contributed by atoms with E-state index in [-0.39, 0.29) is 18.6 Å². The van der Waals surface area contributed by atoms with Crippen LogP contribution in [0.1, 0.15) is 39.0 Å². The van der Waals surface area contributed by atoms with Gasteiger partial charge in [-0.1, -0.05) is 19.3 Å². The highest BCUT2D eigenvalue weighted by molar-refractivity contribution is 5.77. The van der Waals surface area contributed by atoms with E-state index in [1.54, 1.807) is 0 Å². The van der Waals surface area contributed by atoms with E-state index < -0.39 is 0 Å². The predicted molar refractivity (Wildman–Crippen MR) is 90.6 cm³/mol. The van der Waals surface area contributed by atoms with Crippen LogP contribution in [0, 0.1) is 5.92 Å². The van der Waals surface area contributed by atoms with E-state index in [0.717, 1.165) is 6.54 Å². The van der Waals surface area contributed by atoms with E-state index in [4.69, 9.17) is 14.2 Å². The van der Waals surface area contributed by atoms with Crippen LogP contribution in [0.4, 0.5) is 0 Å². The van der Waals surface area contributed by atoms with Crippen molar-refractivity contribution in [1.29, 1.82) is 0 Å². The Bertz CT molecular complexity index is 296. The largest absolute Gasteiger partial charge is 0.378 e. The summed E-state index contributed by atoms with van der Waals surface area (Å²) in [6, 6.07) is 0.248. The van der Waals surface area contributed by atoms with Gasteiger partial charge in [0.05, 0.1) is 33.0 Å². The molecule has 0 unspecified atom stereocenters. The second kappa shape index (κ2) is 13.7. The monoisotopic (exact) mass is 330 g/mol. The first kappa shape index (κ1) is 20.4. The third-order valence-corrected chi connectivity index (χ3v) is 4.22. The van der Waals surface area contributed by atoms with E-state index in [1.165, 1.54) is 32.1 Å². The van der Waals surface area contributed by atoms with Gasteiger partial charge in [-0.2, -0.15) is 0 Å². The van der Waals surface area contributed by atoms with E-state index in [2.05, 4.69) is 17.6 Å². The molecule has 0 bridgehead atoms. The number of carbonyl (C=O) groups excluding carboxylic acids is 1. The van der Waals surface area contributed by atoms with Gasteiger partial charge in [-0.05, 0) is 32.7 Å². The molecule has 0 aromatic rings. The average molecular weight is 330 g/mol. The standard InChI is InChI=1S/C17H34N2O4/c1-15(16-6-4-3-5-7-16)19-17(20)14-23-13-12-22-11-10-21-9-8-18-2/h15-16,18H,3-14H2,1-2H3,(H,19,20)/t15-/m1/s1. The Kier molecular flexibility index (Phi) is 12.1. The smallest absolute Gasteiger partial charge is 0.246 e. The first-order valence-electron chi connectivity index (χ1n) is 8.91. The lowest BCUT2D eigenvalue weighted by Gasteiger charge is -2.28. The third kappa shape index (κ3) is 10.7. The van der Waals surface area contributed by atoms with E-state index in [1.807, 2.05) is 7.05 Å². The van der Waals surface area contributed by atoms with Crippen molar-refractivity contribution in [2.24, 2.45) is 5.92 Å². The molecule has 1 atom stereocenters. The lowest BCUT2D eigenvalue weighted by atomic mass is 9.84. The van der Waals surface area contributed by atoms with E-state index in [0.29, 0.717) is 39.0 Å². The molecule has 0 saturated heterocycles. The van der Waals surface area contributed by atoms with Crippen molar-refractivity contribution in [3.05, 3.63) is 0 Å². The van der Waals surface area contributed by atoms with E-state index >= 15 is 0 Å². The quantitative estimate of drug-likeness (QED) is 0.499. The van der Waals surface area contributed by atoms with Crippen LogP contribution < -0.4 is 10.6 Å². The van der Waals surface area contributed by atoms with Crippen LogP contribution in [0.2, 0.25) is 0 Å². The molecule has 2 N–H and O–H groups in total. The minimum Gasteiger partial charge on any atom is -0.378 e. The fourth-order valence-electron chi connectivity index (χ4n) is 2.83. The Balaban J connectivity index is 1.89. The van der Waals surface area contributed by atoms with Crippen LogP contribution in [0.5, 0.6) is 0 Å². The van der Waals surface area contributed by atoms with Gasteiger partial charge in [-0.15, -0.1) is 0 Å². The molecule has 0 aromatic heterocycles. The fraction of sp³-hybridized carbons (Fsp3) is 0.941. The normalized spacial score (nSPS) is 17.1. The van der Waals surface area contributed by atoms with Gasteiger partial charge in [0.1, 0.15) is 6.61 Å². The first-order valence-corrected chi connectivity index (χ1v) is 8.91. The van der Waals surface area contributed by atoms with Crippen molar-refractivity contribution in [3.8, 4) is 0 Å². The summed E-state index contributed by atoms with van der Waals surface area (Å²) >= 11 is 0. The van der Waals surface area contributed by atoms with Gasteiger partial charge in [-0.25, -0.2) is 0 Å². The van der Waals surface area contributed by atoms with Crippen LogP contribution in [0.25, 0.3) is 0 Å². The summed E-state index contributed by atoms with van der Waals surface area (Å²) in [6.45, 7) is 5.80. The Morgan fingerprint density at radius 2 is 1.61 bits per heavy atom. The second-order valence-electron chi connectivity index (χ2n) is 6.14. The predicted octanol–water partition coefficient (Wildman–Crippen LogP) is 1.34. The SMILES string of the molecule is CNCCOCCOCCOCC(=O)N[C@H](C)C1CCCCC1. The van der Waals surface area contributed by atoms with Crippen molar-refractivity contribution >= 4 is 5.91 Å². The van der Waals surface area contributed by atoms with Crippen LogP contribution in [-0.2, 0) is 19.0 Å². The number of hydrogen-bond acceptors (Lipinski definition) is 5. The van der Waals surface area contributed by atoms with Crippen LogP contribution in [0.3, 0.4) is 0 Å². The first-order chi connectivity index (χ1) is 11.2. The number of carbonyl (C=O) groups is 1. The van der Waals surface area contributed by atoms with Gasteiger partial charge in [0.2, 0.25) is 5.91 Å². The van der Waals surface area contributed by atoms with Crippen LogP contribution >= 0.6 is 0 Å². The number of amides is 1. The molecule has 0 heterocycles. The van der Waals surface area contributed by atoms with Gasteiger partial charge in [0.25, 0.3) is 0 Å². The zero-order chi connectivity index (χ0) is 16.8. The molecule has 23 heavy (non-hydrogen) atoms. The van der Waals surface area contributed by atoms with Crippen LogP contribution in [-0.4, -0.2) is 65.2 Å². The highest BCUT2D eigenvalue weighted by Gasteiger charge is 2.21. The maximum Gasteiger partial charge on any atom is 0.246 e. The molecule has 0 aliphatic heterocycles. The zero-order valence-corrected chi connectivity index (χ0v) is 14.8. The lowest BCUT2D eigenvalue weighted by Crippen LogP contribution is -2.40. The summed E-state index contributed by atoms with van der Waals surface area (Å²) < 4.78 is 16.0. The molecule has 1 aliphatic rings. The van der Waals surface area contributed by atoms with Crippen molar-refractivity contribution in [1.82, 2.24) is 10.6 Å². The van der Waals surface area contributed by atoms with Crippen molar-refractivity contribution in [2.45, 2.75) is 45.1 Å². The average Bonchev–Trinajstić information content (AvgIpc) is 2.57. The Labute approximate surface area is 140 Å². The molecule has 1 saturated carbocycles. The third-order valence-electron chi connectivity index (χ3n) is 4.22. The number of hydrogen-bond donors (Lipinski definition) is 2. The van der Waals surface area contributed by atoms with Gasteiger partial charge >= 0.3 is 0 Å². The molecule has 1 fully saturated rings. The van der Waals surface area contributed by atoms with Gasteiger partial charge in [-0.3, -0.25) is 4.79 Å². The molecule has 1 aliphatic carbocycles. The van der Waals surface area contributed by atoms with Gasteiger partial charge in [0.15, 0.2) is 0 Å². The molecular formula is C17H34N2O4. The Morgan fingerprint density at radius 1 is 1.00 bits per heavy atom. The molecule has 0 aromatic carbocycles. The summed E-state index contributed by atoms with van der Waals surface area (Å²) in [4.78, 5) is 11.8. The number of rotatable bonds is 13. The highest BCUT2D eigenvalue weighted by Crippen LogP contribution is 2.26. The maximum absolute atomic E-state index is 11.8. The molecule has 136 valence electrons. The Hall–Kier alpha value is -0.690. The zero-order valence-electron chi connectivity index (χ0n) is 14.8. The summed E-state index contributed by atoms with van der Waals surface area (Å²) in [7, 11) is 1.89. The van der Waals surface area contributed by atoms with Crippen molar-refractivity contribution in [2.75, 3.05) is 53.2 Å². The molecule has 1 rings (SSSR count). The Morgan fingerprint density at radius 3 is 2.26 bits per heavy atom. The summed E-state index contributed by atoms with van der Waals surface area (Å²) in [5.74, 6) is 0.595. The lowest BCUT2D eigenvalue weighted by molar-refractivity contribution is -0.127. The summed E-state index contributed by atoms with van der Waals surface area (Å²) in [5, 5.41) is 6.06.